The van der Waals surface area contributed by atoms with Crippen LogP contribution in [-0.4, -0.2) is 77.9 Å². The van der Waals surface area contributed by atoms with Gasteiger partial charge in [0.25, 0.3) is 0 Å². The Bertz CT molecular complexity index is 352. The van der Waals surface area contributed by atoms with Gasteiger partial charge in [0.05, 0.1) is 0 Å². The maximum absolute atomic E-state index is 10.4. The van der Waals surface area contributed by atoms with Crippen LogP contribution in [0.3, 0.4) is 0 Å². The van der Waals surface area contributed by atoms with Crippen LogP contribution in [0.1, 0.15) is 0 Å². The number of hydrogen-bond donors (Lipinski definition) is 2. The quantitative estimate of drug-likeness (QED) is 0.239. The number of nitrogens with one attached hydrogen (secondary N) is 2. The van der Waals surface area contributed by atoms with Gasteiger partial charge in [0.2, 0.25) is 0 Å². The summed E-state index contributed by atoms with van der Waals surface area (Å²) < 4.78 is 0. The molecule has 0 aliphatic carbocycles. The fourth-order valence-corrected chi connectivity index (χ4v) is 0.743. The second kappa shape index (κ2) is 5.41. The van der Waals surface area contributed by atoms with Crippen LogP contribution in [0.4, 0.5) is 0 Å². The number of nitro groups is 3. The van der Waals surface area contributed by atoms with Crippen LogP contribution in [0.5, 0.6) is 0 Å². The van der Waals surface area contributed by atoms with E-state index >= 15 is 0 Å². The molecule has 0 aromatic carbocycles. The number of hydroxylamine groups is 1. The van der Waals surface area contributed by atoms with Crippen molar-refractivity contribution in [2.24, 2.45) is 5.16 Å². The van der Waals surface area contributed by atoms with Gasteiger partial charge in [0, 0.05) is 56.9 Å². The smallest absolute Gasteiger partial charge is 0.284 e. The van der Waals surface area contributed by atoms with E-state index in [2.05, 4.69) is 10.1 Å². The van der Waals surface area contributed by atoms with Gasteiger partial charge in [-0.05, 0) is 5.16 Å². The Kier molecular flexibility index (Phi) is 5.10. The Balaban J connectivity index is 0.00000225. The van der Waals surface area contributed by atoms with E-state index in [1.54, 1.807) is 0 Å². The van der Waals surface area contributed by atoms with Gasteiger partial charge >= 0.3 is 11.6 Å². The summed E-state index contributed by atoms with van der Waals surface area (Å²) in [5.74, 6) is -4.37. The van der Waals surface area contributed by atoms with Crippen molar-refractivity contribution in [3.8, 4) is 0 Å². The van der Waals surface area contributed by atoms with Gasteiger partial charge in [0.15, 0.2) is 5.03 Å². The van der Waals surface area contributed by atoms with Crippen molar-refractivity contribution in [3.63, 3.8) is 0 Å². The summed E-state index contributed by atoms with van der Waals surface area (Å²) in [6.45, 7) is 0. The molecule has 0 unspecified atom stereocenters. The SMILES string of the molecule is O=[N+]([O-])NC1=NONC1([N+](=O)[O-])[N+](=O)[O-].[K]. The van der Waals surface area contributed by atoms with Crippen LogP contribution < -0.4 is 10.9 Å². The molecule has 1 aliphatic rings. The molecule has 16 heavy (non-hydrogen) atoms. The fourth-order valence-electron chi connectivity index (χ4n) is 0.743. The second-order valence-corrected chi connectivity index (χ2v) is 2.19. The van der Waals surface area contributed by atoms with E-state index in [1.165, 1.54) is 10.9 Å². The van der Waals surface area contributed by atoms with E-state index in [4.69, 9.17) is 0 Å². The third-order valence-corrected chi connectivity index (χ3v) is 1.38. The monoisotopic (exact) mass is 261 g/mol. The molecule has 0 saturated heterocycles. The van der Waals surface area contributed by atoms with E-state index in [0.717, 1.165) is 0 Å². The Labute approximate surface area is 128 Å². The maximum atomic E-state index is 10.4. The van der Waals surface area contributed by atoms with Crippen molar-refractivity contribution < 1.29 is 19.8 Å². The molecule has 14 heteroatoms. The minimum Gasteiger partial charge on any atom is -0.284 e. The first kappa shape index (κ1) is 15.1. The second-order valence-electron chi connectivity index (χ2n) is 2.19. The number of nitrogens with zero attached hydrogens (tertiary/aromatic N) is 4. The molecular weight excluding hydrogens is 259 g/mol. The zero-order valence-corrected chi connectivity index (χ0v) is 10.8. The molecule has 1 radical (unpaired) electrons. The van der Waals surface area contributed by atoms with E-state index in [-0.39, 0.29) is 51.4 Å². The molecule has 2 N–H and O–H groups in total. The third kappa shape index (κ3) is 2.42. The first-order chi connectivity index (χ1) is 6.91. The predicted octanol–water partition coefficient (Wildman–Crippen LogP) is -2.56. The largest absolute Gasteiger partial charge is 0.620 e. The molecule has 1 aliphatic heterocycles. The summed E-state index contributed by atoms with van der Waals surface area (Å²) in [7, 11) is 0. The van der Waals surface area contributed by atoms with Crippen LogP contribution >= 0.6 is 0 Å². The van der Waals surface area contributed by atoms with Gasteiger partial charge in [-0.15, -0.1) is 0 Å². The van der Waals surface area contributed by atoms with Crippen LogP contribution in [-0.2, 0) is 4.94 Å². The summed E-state index contributed by atoms with van der Waals surface area (Å²) in [4.78, 5) is 31.9. The standard InChI is InChI=1S/C2H2N6O7.K/c9-6(10)2(7(11)12)1(3-8(13)14)4-15-5-2;/h5H,(H,3,4);. The molecule has 0 amide bonds. The van der Waals surface area contributed by atoms with Crippen molar-refractivity contribution in [2.45, 2.75) is 5.79 Å². The molecule has 0 fully saturated rings. The molecule has 0 saturated carbocycles. The number of hydrogen-bond acceptors (Lipinski definition) is 9. The van der Waals surface area contributed by atoms with Gasteiger partial charge in [-0.25, -0.2) is 10.1 Å². The molecular formula is C2H2KN6O7. The van der Waals surface area contributed by atoms with Crippen molar-refractivity contribution in [1.29, 1.82) is 0 Å². The molecule has 1 heterocycles. The van der Waals surface area contributed by atoms with E-state index in [1.807, 2.05) is 0 Å². The molecule has 0 spiro atoms. The van der Waals surface area contributed by atoms with Crippen molar-refractivity contribution >= 4 is 57.2 Å². The topological polar surface area (TPSA) is 175 Å². The third-order valence-electron chi connectivity index (χ3n) is 1.38. The molecule has 1 rings (SSSR count). The Morgan fingerprint density at radius 3 is 2.12 bits per heavy atom. The first-order valence-corrected chi connectivity index (χ1v) is 3.13. The number of hydrazine groups is 1. The molecule has 0 aromatic rings. The summed E-state index contributed by atoms with van der Waals surface area (Å²) in [6, 6.07) is 0. The number of rotatable bonds is 3. The van der Waals surface area contributed by atoms with Crippen molar-refractivity contribution in [3.05, 3.63) is 30.3 Å². The molecule has 13 nitrogen and oxygen atoms in total. The van der Waals surface area contributed by atoms with Gasteiger partial charge in [0.1, 0.15) is 9.85 Å². The van der Waals surface area contributed by atoms with Gasteiger partial charge in [-0.1, -0.05) is 5.43 Å². The molecule has 0 bridgehead atoms. The van der Waals surface area contributed by atoms with Crippen LogP contribution in [0.25, 0.3) is 0 Å². The predicted molar refractivity (Wildman–Crippen MR) is 44.3 cm³/mol. The van der Waals surface area contributed by atoms with Crippen molar-refractivity contribution in [1.82, 2.24) is 10.9 Å². The average Bonchev–Trinajstić information content (AvgIpc) is 2.47. The Morgan fingerprint density at radius 2 is 1.75 bits per heavy atom. The zero-order chi connectivity index (χ0) is 11.6. The van der Waals surface area contributed by atoms with Gasteiger partial charge in [-0.2, -0.15) is 0 Å². The average molecular weight is 261 g/mol. The van der Waals surface area contributed by atoms with Gasteiger partial charge in [-0.3, -0.25) is 25.2 Å². The minimum absolute atomic E-state index is 0. The summed E-state index contributed by atoms with van der Waals surface area (Å²) in [5.41, 5.74) is 2.55. The van der Waals surface area contributed by atoms with Gasteiger partial charge < -0.3 is 0 Å². The number of amidine groups is 1. The van der Waals surface area contributed by atoms with Crippen molar-refractivity contribution in [2.75, 3.05) is 0 Å². The molecule has 0 aromatic heterocycles. The molecule has 83 valence electrons. The minimum atomic E-state index is -3.19. The van der Waals surface area contributed by atoms with E-state index < -0.39 is 26.5 Å². The van der Waals surface area contributed by atoms with Crippen LogP contribution in [0, 0.1) is 30.3 Å². The van der Waals surface area contributed by atoms with Crippen LogP contribution in [0.2, 0.25) is 0 Å². The van der Waals surface area contributed by atoms with E-state index in [9.17, 15) is 30.3 Å². The first-order valence-electron chi connectivity index (χ1n) is 3.13. The summed E-state index contributed by atoms with van der Waals surface area (Å²) in [6.07, 6.45) is 0. The fraction of sp³-hybridized carbons (Fsp3) is 0.500. The summed E-state index contributed by atoms with van der Waals surface area (Å²) in [5, 5.41) is 32.3. The Morgan fingerprint density at radius 1 is 1.25 bits per heavy atom. The number of oxime groups is 1. The Hall–Kier alpha value is -0.934. The van der Waals surface area contributed by atoms with E-state index in [0.29, 0.717) is 0 Å². The van der Waals surface area contributed by atoms with Crippen LogP contribution in [0.15, 0.2) is 5.16 Å². The zero-order valence-electron chi connectivity index (χ0n) is 7.65. The summed E-state index contributed by atoms with van der Waals surface area (Å²) >= 11 is 0. The molecule has 0 atom stereocenters. The normalized spacial score (nSPS) is 16.4. The maximum Gasteiger partial charge on any atom is 0.620 e.